The summed E-state index contributed by atoms with van der Waals surface area (Å²) in [7, 11) is 0. The maximum Gasteiger partial charge on any atom is 0.236 e. The first-order valence-corrected chi connectivity index (χ1v) is 7.73. The van der Waals surface area contributed by atoms with E-state index in [1.165, 1.54) is 0 Å². The molecule has 0 aromatic heterocycles. The zero-order valence-corrected chi connectivity index (χ0v) is 12.4. The number of rotatable bonds is 3. The summed E-state index contributed by atoms with van der Waals surface area (Å²) in [6.45, 7) is 2.39. The highest BCUT2D eigenvalue weighted by Gasteiger charge is 2.36. The fourth-order valence-electron chi connectivity index (χ4n) is 2.23. The highest BCUT2D eigenvalue weighted by Crippen LogP contribution is 2.37. The van der Waals surface area contributed by atoms with E-state index in [2.05, 4.69) is 17.2 Å². The van der Waals surface area contributed by atoms with Gasteiger partial charge in [0, 0.05) is 12.1 Å². The molecule has 1 amide bonds. The first-order chi connectivity index (χ1) is 9.64. The molecule has 106 valence electrons. The van der Waals surface area contributed by atoms with Crippen LogP contribution in [0.25, 0.3) is 0 Å². The zero-order chi connectivity index (χ0) is 14.4. The van der Waals surface area contributed by atoms with Crippen LogP contribution in [0, 0.1) is 11.8 Å². The van der Waals surface area contributed by atoms with E-state index in [-0.39, 0.29) is 17.3 Å². The van der Waals surface area contributed by atoms with E-state index < -0.39 is 0 Å². The van der Waals surface area contributed by atoms with Crippen molar-refractivity contribution in [2.24, 2.45) is 0 Å². The van der Waals surface area contributed by atoms with Gasteiger partial charge in [0.25, 0.3) is 0 Å². The molecule has 0 aliphatic carbocycles. The van der Waals surface area contributed by atoms with Crippen molar-refractivity contribution in [1.29, 1.82) is 0 Å². The van der Waals surface area contributed by atoms with Crippen LogP contribution in [0.4, 0.5) is 0 Å². The second-order valence-electron chi connectivity index (χ2n) is 5.03. The van der Waals surface area contributed by atoms with Crippen LogP contribution >= 0.6 is 11.8 Å². The van der Waals surface area contributed by atoms with Crippen molar-refractivity contribution < 1.29 is 9.90 Å². The number of hydrogen-bond acceptors (Lipinski definition) is 3. The van der Waals surface area contributed by atoms with Gasteiger partial charge < -0.3 is 10.4 Å². The average molecular weight is 289 g/mol. The Morgan fingerprint density at radius 2 is 2.40 bits per heavy atom. The minimum atomic E-state index is -0.270. The summed E-state index contributed by atoms with van der Waals surface area (Å²) in [5.74, 6) is 6.67. The van der Waals surface area contributed by atoms with Crippen LogP contribution in [-0.2, 0) is 11.3 Å². The first-order valence-electron chi connectivity index (χ1n) is 6.75. The topological polar surface area (TPSA) is 49.3 Å². The SMILES string of the molecule is CC1(C(=O)NCc2cccc(C#CCO)c2)CCCS1. The molecule has 1 aromatic carbocycles. The molecule has 1 aromatic rings. The van der Waals surface area contributed by atoms with Crippen LogP contribution in [-0.4, -0.2) is 28.1 Å². The standard InChI is InChI=1S/C16H19NO2S/c1-16(8-4-10-20-16)15(19)17-12-14-6-2-5-13(11-14)7-3-9-18/h2,5-6,11,18H,4,8-10,12H2,1H3,(H,17,19). The Morgan fingerprint density at radius 3 is 3.10 bits per heavy atom. The molecule has 1 fully saturated rings. The Labute approximate surface area is 124 Å². The van der Waals surface area contributed by atoms with Crippen LogP contribution in [0.1, 0.15) is 30.9 Å². The predicted molar refractivity (Wildman–Crippen MR) is 82.3 cm³/mol. The van der Waals surface area contributed by atoms with E-state index >= 15 is 0 Å². The molecule has 1 heterocycles. The Kier molecular flexibility index (Phi) is 5.11. The number of thioether (sulfide) groups is 1. The maximum absolute atomic E-state index is 12.2. The quantitative estimate of drug-likeness (QED) is 0.836. The van der Waals surface area contributed by atoms with Gasteiger partial charge in [-0.3, -0.25) is 4.79 Å². The molecule has 0 saturated carbocycles. The number of amides is 1. The smallest absolute Gasteiger partial charge is 0.236 e. The van der Waals surface area contributed by atoms with Gasteiger partial charge in [0.05, 0.1) is 4.75 Å². The second kappa shape index (κ2) is 6.83. The Morgan fingerprint density at radius 1 is 1.55 bits per heavy atom. The Hall–Kier alpha value is -1.44. The van der Waals surface area contributed by atoms with Crippen molar-refractivity contribution in [1.82, 2.24) is 5.32 Å². The van der Waals surface area contributed by atoms with E-state index in [4.69, 9.17) is 5.11 Å². The number of carbonyl (C=O) groups is 1. The molecule has 2 N–H and O–H groups in total. The van der Waals surface area contributed by atoms with E-state index in [1.54, 1.807) is 11.8 Å². The number of aliphatic hydroxyl groups excluding tert-OH is 1. The molecule has 3 nitrogen and oxygen atoms in total. The summed E-state index contributed by atoms with van der Waals surface area (Å²) < 4.78 is -0.270. The van der Waals surface area contributed by atoms with Crippen LogP contribution in [0.15, 0.2) is 24.3 Å². The fourth-order valence-corrected chi connectivity index (χ4v) is 3.46. The molecule has 1 unspecified atom stereocenters. The maximum atomic E-state index is 12.2. The van der Waals surface area contributed by atoms with Crippen molar-refractivity contribution in [3.63, 3.8) is 0 Å². The summed E-state index contributed by atoms with van der Waals surface area (Å²) in [6, 6.07) is 7.71. The highest BCUT2D eigenvalue weighted by atomic mass is 32.2. The molecule has 1 saturated heterocycles. The first kappa shape index (κ1) is 15.0. The number of nitrogens with one attached hydrogen (secondary N) is 1. The van der Waals surface area contributed by atoms with Gasteiger partial charge in [-0.1, -0.05) is 24.0 Å². The van der Waals surface area contributed by atoms with Crippen molar-refractivity contribution in [2.45, 2.75) is 31.1 Å². The summed E-state index contributed by atoms with van der Waals surface area (Å²) in [5.41, 5.74) is 1.88. The molecule has 1 aliphatic rings. The molecule has 0 spiro atoms. The summed E-state index contributed by atoms with van der Waals surface area (Å²) in [5, 5.41) is 11.7. The molecule has 20 heavy (non-hydrogen) atoms. The third kappa shape index (κ3) is 3.78. The molecule has 0 radical (unpaired) electrons. The lowest BCUT2D eigenvalue weighted by Crippen LogP contribution is -2.39. The van der Waals surface area contributed by atoms with Gasteiger partial charge in [-0.15, -0.1) is 11.8 Å². The van der Waals surface area contributed by atoms with Crippen molar-refractivity contribution in [2.75, 3.05) is 12.4 Å². The number of benzene rings is 1. The molecule has 2 rings (SSSR count). The van der Waals surface area contributed by atoms with Gasteiger partial charge >= 0.3 is 0 Å². The van der Waals surface area contributed by atoms with E-state index in [0.717, 1.165) is 29.7 Å². The van der Waals surface area contributed by atoms with Crippen LogP contribution in [0.2, 0.25) is 0 Å². The van der Waals surface area contributed by atoms with Gasteiger partial charge in [-0.05, 0) is 43.2 Å². The van der Waals surface area contributed by atoms with E-state index in [9.17, 15) is 4.79 Å². The predicted octanol–water partition coefficient (Wildman–Crippen LogP) is 1.93. The third-order valence-electron chi connectivity index (χ3n) is 3.39. The minimum absolute atomic E-state index is 0.117. The summed E-state index contributed by atoms with van der Waals surface area (Å²) in [4.78, 5) is 12.2. The van der Waals surface area contributed by atoms with Crippen LogP contribution < -0.4 is 5.32 Å². The van der Waals surface area contributed by atoms with Crippen molar-refractivity contribution in [3.8, 4) is 11.8 Å². The van der Waals surface area contributed by atoms with Gasteiger partial charge in [0.1, 0.15) is 6.61 Å². The second-order valence-corrected chi connectivity index (χ2v) is 6.62. The summed E-state index contributed by atoms with van der Waals surface area (Å²) in [6.07, 6.45) is 2.06. The molecule has 1 aliphatic heterocycles. The lowest BCUT2D eigenvalue weighted by atomic mass is 10.0. The van der Waals surface area contributed by atoms with Crippen LogP contribution in [0.5, 0.6) is 0 Å². The molecule has 1 atom stereocenters. The van der Waals surface area contributed by atoms with Crippen molar-refractivity contribution >= 4 is 17.7 Å². The van der Waals surface area contributed by atoms with Gasteiger partial charge in [0.2, 0.25) is 5.91 Å². The molecule has 4 heteroatoms. The highest BCUT2D eigenvalue weighted by molar-refractivity contribution is 8.01. The number of aliphatic hydroxyl groups is 1. The number of hydrogen-bond donors (Lipinski definition) is 2. The fraction of sp³-hybridized carbons (Fsp3) is 0.438. The monoisotopic (exact) mass is 289 g/mol. The van der Waals surface area contributed by atoms with Gasteiger partial charge in [0.15, 0.2) is 0 Å². The van der Waals surface area contributed by atoms with E-state index in [0.29, 0.717) is 6.54 Å². The average Bonchev–Trinajstić information content (AvgIpc) is 2.91. The Bertz CT molecular complexity index is 539. The van der Waals surface area contributed by atoms with Crippen molar-refractivity contribution in [3.05, 3.63) is 35.4 Å². The van der Waals surface area contributed by atoms with Gasteiger partial charge in [-0.2, -0.15) is 0 Å². The summed E-state index contributed by atoms with van der Waals surface area (Å²) >= 11 is 1.74. The lowest BCUT2D eigenvalue weighted by Gasteiger charge is -2.21. The lowest BCUT2D eigenvalue weighted by molar-refractivity contribution is -0.123. The number of carbonyl (C=O) groups excluding carboxylic acids is 1. The van der Waals surface area contributed by atoms with Gasteiger partial charge in [-0.25, -0.2) is 0 Å². The Balaban J connectivity index is 1.95. The molecule has 0 bridgehead atoms. The molecular formula is C16H19NO2S. The minimum Gasteiger partial charge on any atom is -0.384 e. The van der Waals surface area contributed by atoms with Crippen LogP contribution in [0.3, 0.4) is 0 Å². The largest absolute Gasteiger partial charge is 0.384 e. The zero-order valence-electron chi connectivity index (χ0n) is 11.6. The molecular weight excluding hydrogens is 270 g/mol. The van der Waals surface area contributed by atoms with E-state index in [1.807, 2.05) is 31.2 Å². The third-order valence-corrected chi connectivity index (χ3v) is 4.91. The normalized spacial score (nSPS) is 21.1.